The molecule has 24 heavy (non-hydrogen) atoms. The molecule has 3 rings (SSSR count). The van der Waals surface area contributed by atoms with E-state index in [0.717, 1.165) is 30.4 Å². The van der Waals surface area contributed by atoms with Gasteiger partial charge in [0.2, 0.25) is 5.91 Å². The minimum absolute atomic E-state index is 0.189. The van der Waals surface area contributed by atoms with Crippen LogP contribution < -0.4 is 5.32 Å². The lowest BCUT2D eigenvalue weighted by atomic mass is 9.82. The Morgan fingerprint density at radius 2 is 1.79 bits per heavy atom. The van der Waals surface area contributed by atoms with Gasteiger partial charge < -0.3 is 10.4 Å². The SMILES string of the molecule is O=C(N[C@H](Cc1ccccc1)C(=O)O)C1CCCc2ccccc21. The van der Waals surface area contributed by atoms with Crippen LogP contribution in [0.3, 0.4) is 0 Å². The van der Waals surface area contributed by atoms with E-state index in [0.29, 0.717) is 0 Å². The first-order chi connectivity index (χ1) is 11.6. The number of amides is 1. The average Bonchev–Trinajstić information content (AvgIpc) is 2.61. The van der Waals surface area contributed by atoms with Gasteiger partial charge in [-0.25, -0.2) is 4.79 Å². The molecule has 1 aliphatic rings. The van der Waals surface area contributed by atoms with Crippen LogP contribution in [0.5, 0.6) is 0 Å². The van der Waals surface area contributed by atoms with Crippen LogP contribution in [0.2, 0.25) is 0 Å². The predicted octanol–water partition coefficient (Wildman–Crippen LogP) is 2.92. The van der Waals surface area contributed by atoms with Crippen molar-refractivity contribution in [1.29, 1.82) is 0 Å². The fourth-order valence-electron chi connectivity index (χ4n) is 3.35. The van der Waals surface area contributed by atoms with Gasteiger partial charge in [-0.3, -0.25) is 4.79 Å². The Hall–Kier alpha value is -2.62. The second-order valence-corrected chi connectivity index (χ2v) is 6.23. The van der Waals surface area contributed by atoms with Gasteiger partial charge in [-0.15, -0.1) is 0 Å². The van der Waals surface area contributed by atoms with Gasteiger partial charge in [0.05, 0.1) is 5.92 Å². The lowest BCUT2D eigenvalue weighted by molar-refractivity contribution is -0.142. The van der Waals surface area contributed by atoms with Gasteiger partial charge in [0.1, 0.15) is 6.04 Å². The number of benzene rings is 2. The van der Waals surface area contributed by atoms with Gasteiger partial charge in [0, 0.05) is 6.42 Å². The van der Waals surface area contributed by atoms with E-state index in [4.69, 9.17) is 0 Å². The zero-order valence-corrected chi connectivity index (χ0v) is 13.4. The molecule has 124 valence electrons. The number of hydrogen-bond donors (Lipinski definition) is 2. The van der Waals surface area contributed by atoms with E-state index in [1.165, 1.54) is 5.56 Å². The van der Waals surface area contributed by atoms with Crippen molar-refractivity contribution in [3.05, 3.63) is 71.3 Å². The number of aliphatic carboxylic acids is 1. The highest BCUT2D eigenvalue weighted by Gasteiger charge is 2.29. The molecule has 0 saturated heterocycles. The zero-order chi connectivity index (χ0) is 16.9. The van der Waals surface area contributed by atoms with Crippen LogP contribution >= 0.6 is 0 Å². The van der Waals surface area contributed by atoms with Crippen LogP contribution in [0, 0.1) is 0 Å². The quantitative estimate of drug-likeness (QED) is 0.889. The van der Waals surface area contributed by atoms with Gasteiger partial charge in [-0.05, 0) is 36.0 Å². The van der Waals surface area contributed by atoms with Gasteiger partial charge in [0.25, 0.3) is 0 Å². The molecule has 2 N–H and O–H groups in total. The summed E-state index contributed by atoms with van der Waals surface area (Å²) in [6.45, 7) is 0. The van der Waals surface area contributed by atoms with Crippen molar-refractivity contribution in [1.82, 2.24) is 5.32 Å². The Labute approximate surface area is 141 Å². The molecule has 2 aromatic carbocycles. The van der Waals surface area contributed by atoms with Crippen molar-refractivity contribution in [3.8, 4) is 0 Å². The van der Waals surface area contributed by atoms with E-state index in [1.54, 1.807) is 0 Å². The number of aryl methyl sites for hydroxylation is 1. The molecule has 1 aliphatic carbocycles. The molecular formula is C20H21NO3. The molecule has 0 saturated carbocycles. The van der Waals surface area contributed by atoms with Crippen LogP contribution in [0.4, 0.5) is 0 Å². The fraction of sp³-hybridized carbons (Fsp3) is 0.300. The van der Waals surface area contributed by atoms with E-state index in [9.17, 15) is 14.7 Å². The van der Waals surface area contributed by atoms with Crippen molar-refractivity contribution in [2.45, 2.75) is 37.6 Å². The Bertz CT molecular complexity index is 727. The summed E-state index contributed by atoms with van der Waals surface area (Å²) in [7, 11) is 0. The number of carboxylic acid groups (broad SMARTS) is 1. The maximum Gasteiger partial charge on any atom is 0.326 e. The van der Waals surface area contributed by atoms with Gasteiger partial charge in [-0.1, -0.05) is 54.6 Å². The lowest BCUT2D eigenvalue weighted by Crippen LogP contribution is -2.44. The molecule has 4 nitrogen and oxygen atoms in total. The van der Waals surface area contributed by atoms with Crippen molar-refractivity contribution >= 4 is 11.9 Å². The highest BCUT2D eigenvalue weighted by Crippen LogP contribution is 2.31. The van der Waals surface area contributed by atoms with Gasteiger partial charge in [0.15, 0.2) is 0 Å². The van der Waals surface area contributed by atoms with Crippen molar-refractivity contribution in [2.75, 3.05) is 0 Å². The third kappa shape index (κ3) is 3.65. The number of carbonyl (C=O) groups excluding carboxylic acids is 1. The number of fused-ring (bicyclic) bond motifs is 1. The average molecular weight is 323 g/mol. The van der Waals surface area contributed by atoms with E-state index in [2.05, 4.69) is 5.32 Å². The minimum atomic E-state index is -1.00. The molecule has 0 aliphatic heterocycles. The monoisotopic (exact) mass is 323 g/mol. The van der Waals surface area contributed by atoms with Gasteiger partial charge >= 0.3 is 5.97 Å². The van der Waals surface area contributed by atoms with E-state index >= 15 is 0 Å². The summed E-state index contributed by atoms with van der Waals surface area (Å²) in [5.74, 6) is -1.45. The first-order valence-corrected chi connectivity index (χ1v) is 8.30. The van der Waals surface area contributed by atoms with Crippen molar-refractivity contribution in [2.24, 2.45) is 0 Å². The standard InChI is InChI=1S/C20H21NO3/c22-19(17-12-6-10-15-9-4-5-11-16(15)17)21-18(20(23)24)13-14-7-2-1-3-8-14/h1-5,7-9,11,17-18H,6,10,12-13H2,(H,21,22)(H,23,24)/t17?,18-/m1/s1. The van der Waals surface area contributed by atoms with E-state index < -0.39 is 12.0 Å². The Morgan fingerprint density at radius 3 is 2.54 bits per heavy atom. The van der Waals surface area contributed by atoms with Crippen LogP contribution in [0.1, 0.15) is 35.4 Å². The largest absolute Gasteiger partial charge is 0.480 e. The molecule has 0 spiro atoms. The molecule has 1 unspecified atom stereocenters. The smallest absolute Gasteiger partial charge is 0.326 e. The third-order valence-corrected chi connectivity index (χ3v) is 4.58. The molecule has 4 heteroatoms. The molecule has 0 heterocycles. The Morgan fingerprint density at radius 1 is 1.08 bits per heavy atom. The fourth-order valence-corrected chi connectivity index (χ4v) is 3.35. The summed E-state index contributed by atoms with van der Waals surface area (Å²) >= 11 is 0. The summed E-state index contributed by atoms with van der Waals surface area (Å²) in [6, 6.07) is 16.4. The van der Waals surface area contributed by atoms with Crippen molar-refractivity contribution in [3.63, 3.8) is 0 Å². The minimum Gasteiger partial charge on any atom is -0.480 e. The lowest BCUT2D eigenvalue weighted by Gasteiger charge is -2.26. The third-order valence-electron chi connectivity index (χ3n) is 4.58. The number of carboxylic acids is 1. The summed E-state index contributed by atoms with van der Waals surface area (Å²) in [4.78, 5) is 24.2. The summed E-state index contributed by atoms with van der Waals surface area (Å²) in [5, 5.41) is 12.2. The molecule has 1 amide bonds. The molecular weight excluding hydrogens is 302 g/mol. The van der Waals surface area contributed by atoms with Crippen LogP contribution in [0.15, 0.2) is 54.6 Å². The summed E-state index contributed by atoms with van der Waals surface area (Å²) in [6.07, 6.45) is 2.98. The molecule has 0 radical (unpaired) electrons. The first kappa shape index (κ1) is 16.2. The normalized spacial score (nSPS) is 17.6. The van der Waals surface area contributed by atoms with Crippen molar-refractivity contribution < 1.29 is 14.7 Å². The number of nitrogens with one attached hydrogen (secondary N) is 1. The second-order valence-electron chi connectivity index (χ2n) is 6.23. The predicted molar refractivity (Wildman–Crippen MR) is 91.8 cm³/mol. The zero-order valence-electron chi connectivity index (χ0n) is 13.4. The topological polar surface area (TPSA) is 66.4 Å². The molecule has 2 aromatic rings. The van der Waals surface area contributed by atoms with Crippen LogP contribution in [0.25, 0.3) is 0 Å². The maximum atomic E-state index is 12.7. The molecule has 0 bridgehead atoms. The highest BCUT2D eigenvalue weighted by atomic mass is 16.4. The van der Waals surface area contributed by atoms with E-state index in [-0.39, 0.29) is 18.2 Å². The van der Waals surface area contributed by atoms with Gasteiger partial charge in [-0.2, -0.15) is 0 Å². The van der Waals surface area contributed by atoms with E-state index in [1.807, 2.05) is 54.6 Å². The van der Waals surface area contributed by atoms with Crippen LogP contribution in [-0.4, -0.2) is 23.0 Å². The molecule has 2 atom stereocenters. The van der Waals surface area contributed by atoms with Crippen LogP contribution in [-0.2, 0) is 22.4 Å². The number of hydrogen-bond acceptors (Lipinski definition) is 2. The Balaban J connectivity index is 1.74. The summed E-state index contributed by atoms with van der Waals surface area (Å²) in [5.41, 5.74) is 3.12. The molecule has 0 fully saturated rings. The second kappa shape index (κ2) is 7.30. The first-order valence-electron chi connectivity index (χ1n) is 8.30. The molecule has 0 aromatic heterocycles. The number of rotatable bonds is 5. The highest BCUT2D eigenvalue weighted by molar-refractivity contribution is 5.88. The Kier molecular flexibility index (Phi) is 4.94. The number of carbonyl (C=O) groups is 2. The maximum absolute atomic E-state index is 12.7. The summed E-state index contributed by atoms with van der Waals surface area (Å²) < 4.78 is 0.